The van der Waals surface area contributed by atoms with Crippen molar-refractivity contribution in [2.45, 2.75) is 11.3 Å². The summed E-state index contributed by atoms with van der Waals surface area (Å²) in [6.45, 7) is 0. The van der Waals surface area contributed by atoms with E-state index in [0.717, 1.165) is 18.4 Å². The van der Waals surface area contributed by atoms with E-state index in [-0.39, 0.29) is 11.0 Å². The van der Waals surface area contributed by atoms with Crippen LogP contribution >= 0.6 is 0 Å². The normalized spacial score (nSPS) is 13.0. The van der Waals surface area contributed by atoms with Crippen molar-refractivity contribution in [1.29, 1.82) is 0 Å². The predicted molar refractivity (Wildman–Crippen MR) is 69.9 cm³/mol. The van der Waals surface area contributed by atoms with Gasteiger partial charge in [-0.3, -0.25) is 0 Å². The van der Waals surface area contributed by atoms with Gasteiger partial charge in [0.05, 0.1) is 5.56 Å². The number of aromatic nitrogens is 3. The van der Waals surface area contributed by atoms with E-state index in [0.29, 0.717) is 5.56 Å². The molecule has 0 aliphatic rings. The summed E-state index contributed by atoms with van der Waals surface area (Å²) >= 11 is 0. The molecule has 2 aromatic rings. The minimum absolute atomic E-state index is 0.121. The molecule has 1 aromatic heterocycles. The number of benzene rings is 1. The second-order valence-electron chi connectivity index (χ2n) is 4.22. The van der Waals surface area contributed by atoms with Gasteiger partial charge in [0.1, 0.15) is 0 Å². The number of alkyl halides is 3. The first-order chi connectivity index (χ1) is 9.66. The van der Waals surface area contributed by atoms with Crippen LogP contribution in [0.2, 0.25) is 0 Å². The first kappa shape index (κ1) is 15.2. The van der Waals surface area contributed by atoms with Crippen LogP contribution in [0.4, 0.5) is 13.2 Å². The predicted octanol–water partition coefficient (Wildman–Crippen LogP) is 2.40. The molecule has 1 aromatic carbocycles. The summed E-state index contributed by atoms with van der Waals surface area (Å²) < 4.78 is 59.5. The third kappa shape index (κ3) is 3.91. The van der Waals surface area contributed by atoms with Gasteiger partial charge >= 0.3 is 6.18 Å². The van der Waals surface area contributed by atoms with Crippen LogP contribution in [0.25, 0.3) is 12.2 Å². The molecule has 9 heteroatoms. The van der Waals surface area contributed by atoms with E-state index in [1.807, 2.05) is 0 Å². The molecule has 0 amide bonds. The monoisotopic (exact) mass is 317 g/mol. The molecule has 0 spiro atoms. The number of rotatable bonds is 3. The van der Waals surface area contributed by atoms with Crippen molar-refractivity contribution in [3.63, 3.8) is 0 Å². The summed E-state index contributed by atoms with van der Waals surface area (Å²) in [6.07, 6.45) is -0.517. The standard InChI is InChI=1S/C12H10F3N3O2S/c1-21(19,20)11-16-10(17-18-11)7-4-8-2-5-9(6-3-8)12(13,14)15/h2-7H,1H3,(H,16,17,18)/b7-4-. The highest BCUT2D eigenvalue weighted by Gasteiger charge is 2.29. The van der Waals surface area contributed by atoms with Crippen LogP contribution in [0.5, 0.6) is 0 Å². The lowest BCUT2D eigenvalue weighted by Gasteiger charge is -2.05. The molecule has 0 saturated heterocycles. The molecule has 0 radical (unpaired) electrons. The zero-order chi connectivity index (χ0) is 15.7. The van der Waals surface area contributed by atoms with E-state index in [2.05, 4.69) is 15.2 Å². The Balaban J connectivity index is 2.16. The highest BCUT2D eigenvalue weighted by molar-refractivity contribution is 7.90. The molecule has 5 nitrogen and oxygen atoms in total. The van der Waals surface area contributed by atoms with E-state index in [1.54, 1.807) is 0 Å². The van der Waals surface area contributed by atoms with Gasteiger partial charge in [0.25, 0.3) is 0 Å². The molecule has 1 heterocycles. The van der Waals surface area contributed by atoms with Gasteiger partial charge in [-0.05, 0) is 23.8 Å². The molecule has 0 unspecified atom stereocenters. The lowest BCUT2D eigenvalue weighted by atomic mass is 10.1. The minimum Gasteiger partial charge on any atom is -0.249 e. The van der Waals surface area contributed by atoms with Gasteiger partial charge in [0.2, 0.25) is 15.0 Å². The quantitative estimate of drug-likeness (QED) is 0.943. The number of halogens is 3. The average Bonchev–Trinajstić information content (AvgIpc) is 2.84. The zero-order valence-electron chi connectivity index (χ0n) is 10.7. The maximum Gasteiger partial charge on any atom is 0.416 e. The van der Waals surface area contributed by atoms with Gasteiger partial charge in [-0.1, -0.05) is 18.2 Å². The van der Waals surface area contributed by atoms with Crippen molar-refractivity contribution in [2.24, 2.45) is 0 Å². The molecule has 21 heavy (non-hydrogen) atoms. The summed E-state index contributed by atoms with van der Waals surface area (Å²) in [4.78, 5) is 3.73. The fourth-order valence-electron chi connectivity index (χ4n) is 1.45. The Hall–Kier alpha value is -2.16. The summed E-state index contributed by atoms with van der Waals surface area (Å²) in [7, 11) is -3.47. The molecule has 0 aliphatic heterocycles. The van der Waals surface area contributed by atoms with Crippen LogP contribution in [0.3, 0.4) is 0 Å². The van der Waals surface area contributed by atoms with Gasteiger partial charge in [-0.25, -0.2) is 13.5 Å². The Morgan fingerprint density at radius 2 is 1.76 bits per heavy atom. The summed E-state index contributed by atoms with van der Waals surface area (Å²) in [5.41, 5.74) is -0.231. The fourth-order valence-corrected chi connectivity index (χ4v) is 1.92. The number of nitrogens with one attached hydrogen (secondary N) is 1. The highest BCUT2D eigenvalue weighted by Crippen LogP contribution is 2.29. The first-order valence-electron chi connectivity index (χ1n) is 5.64. The van der Waals surface area contributed by atoms with E-state index >= 15 is 0 Å². The third-order valence-electron chi connectivity index (χ3n) is 2.50. The van der Waals surface area contributed by atoms with Crippen molar-refractivity contribution in [3.8, 4) is 0 Å². The van der Waals surface area contributed by atoms with E-state index in [1.165, 1.54) is 24.3 Å². The summed E-state index contributed by atoms with van der Waals surface area (Å²) in [6, 6.07) is 4.51. The van der Waals surface area contributed by atoms with Gasteiger partial charge < -0.3 is 0 Å². The van der Waals surface area contributed by atoms with Crippen molar-refractivity contribution in [1.82, 2.24) is 15.2 Å². The molecule has 0 saturated carbocycles. The Morgan fingerprint density at radius 3 is 2.24 bits per heavy atom. The van der Waals surface area contributed by atoms with Crippen molar-refractivity contribution in [2.75, 3.05) is 6.26 Å². The number of hydrogen-bond donors (Lipinski definition) is 1. The Bertz CT molecular complexity index is 762. The molecular formula is C12H10F3N3O2S. The number of hydrogen-bond acceptors (Lipinski definition) is 4. The maximum atomic E-state index is 12.4. The number of nitrogens with zero attached hydrogens (tertiary/aromatic N) is 2. The number of aromatic amines is 1. The molecule has 0 bridgehead atoms. The van der Waals surface area contributed by atoms with Gasteiger partial charge in [-0.15, -0.1) is 0 Å². The lowest BCUT2D eigenvalue weighted by Crippen LogP contribution is -2.03. The van der Waals surface area contributed by atoms with E-state index < -0.39 is 21.6 Å². The lowest BCUT2D eigenvalue weighted by molar-refractivity contribution is -0.137. The van der Waals surface area contributed by atoms with Crippen LogP contribution in [0, 0.1) is 0 Å². The Kier molecular flexibility index (Phi) is 3.86. The maximum absolute atomic E-state index is 12.4. The third-order valence-corrected chi connectivity index (χ3v) is 3.38. The molecular weight excluding hydrogens is 307 g/mol. The zero-order valence-corrected chi connectivity index (χ0v) is 11.5. The minimum atomic E-state index is -4.38. The van der Waals surface area contributed by atoms with E-state index in [9.17, 15) is 21.6 Å². The van der Waals surface area contributed by atoms with E-state index in [4.69, 9.17) is 0 Å². The molecule has 1 N–H and O–H groups in total. The fraction of sp³-hybridized carbons (Fsp3) is 0.167. The molecule has 0 atom stereocenters. The van der Waals surface area contributed by atoms with Crippen LogP contribution in [-0.4, -0.2) is 29.9 Å². The van der Waals surface area contributed by atoms with Gasteiger partial charge in [0.15, 0.2) is 5.82 Å². The van der Waals surface area contributed by atoms with Crippen molar-refractivity contribution in [3.05, 3.63) is 41.2 Å². The van der Waals surface area contributed by atoms with Gasteiger partial charge in [-0.2, -0.15) is 23.3 Å². The highest BCUT2D eigenvalue weighted by atomic mass is 32.2. The first-order valence-corrected chi connectivity index (χ1v) is 7.53. The topological polar surface area (TPSA) is 75.7 Å². The number of H-pyrrole nitrogens is 1. The molecule has 0 aliphatic carbocycles. The van der Waals surface area contributed by atoms with Gasteiger partial charge in [0, 0.05) is 6.26 Å². The molecule has 112 valence electrons. The average molecular weight is 317 g/mol. The second-order valence-corrected chi connectivity index (χ2v) is 6.16. The van der Waals surface area contributed by atoms with Crippen LogP contribution in [0.1, 0.15) is 17.0 Å². The largest absolute Gasteiger partial charge is 0.416 e. The number of sulfone groups is 1. The molecule has 2 rings (SSSR count). The molecule has 0 fully saturated rings. The Labute approximate surface area is 118 Å². The second kappa shape index (κ2) is 5.32. The van der Waals surface area contributed by atoms with Crippen LogP contribution in [0.15, 0.2) is 29.4 Å². The van der Waals surface area contributed by atoms with Crippen LogP contribution in [-0.2, 0) is 16.0 Å². The van der Waals surface area contributed by atoms with Crippen LogP contribution < -0.4 is 0 Å². The van der Waals surface area contributed by atoms with Crippen molar-refractivity contribution >= 4 is 22.0 Å². The summed E-state index contributed by atoms with van der Waals surface area (Å²) in [5, 5.41) is 5.67. The van der Waals surface area contributed by atoms with Crippen molar-refractivity contribution < 1.29 is 21.6 Å². The smallest absolute Gasteiger partial charge is 0.249 e. The SMILES string of the molecule is CS(=O)(=O)c1nc(/C=C\c2ccc(C(F)(F)F)cc2)n[nH]1. The Morgan fingerprint density at radius 1 is 1.14 bits per heavy atom. The summed E-state index contributed by atoms with van der Waals surface area (Å²) in [5.74, 6) is 0.121.